The van der Waals surface area contributed by atoms with E-state index in [2.05, 4.69) is 5.32 Å². The largest absolute Gasteiger partial charge is 0.397 e. The monoisotopic (exact) mass is 258 g/mol. The predicted molar refractivity (Wildman–Crippen MR) is 69.7 cm³/mol. The van der Waals surface area contributed by atoms with Crippen LogP contribution in [0.3, 0.4) is 0 Å². The molecule has 1 rings (SSSR count). The maximum Gasteiger partial charge on any atom is 0.152 e. The van der Waals surface area contributed by atoms with E-state index in [1.807, 2.05) is 18.2 Å². The molecule has 0 saturated carbocycles. The van der Waals surface area contributed by atoms with E-state index in [-0.39, 0.29) is 18.1 Å². The lowest BCUT2D eigenvalue weighted by molar-refractivity contribution is 0.319. The first-order valence-corrected chi connectivity index (χ1v) is 7.27. The summed E-state index contributed by atoms with van der Waals surface area (Å²) >= 11 is 0. The fraction of sp³-hybridized carbons (Fsp3) is 0.455. The predicted octanol–water partition coefficient (Wildman–Crippen LogP) is 0.478. The fourth-order valence-electron chi connectivity index (χ4n) is 1.41. The van der Waals surface area contributed by atoms with E-state index in [1.165, 1.54) is 0 Å². The number of nitrogens with one attached hydrogen (secondary N) is 1. The van der Waals surface area contributed by atoms with Crippen LogP contribution in [0.2, 0.25) is 0 Å². The van der Waals surface area contributed by atoms with E-state index in [9.17, 15) is 8.42 Å². The molecule has 0 atom stereocenters. The van der Waals surface area contributed by atoms with E-state index in [0.717, 1.165) is 5.69 Å². The van der Waals surface area contributed by atoms with Gasteiger partial charge in [-0.25, -0.2) is 8.42 Å². The number of sulfone groups is 1. The molecule has 0 radical (unpaired) electrons. The summed E-state index contributed by atoms with van der Waals surface area (Å²) in [6.07, 6.45) is 0.497. The molecule has 96 valence electrons. The van der Waals surface area contributed by atoms with Gasteiger partial charge < -0.3 is 16.2 Å². The van der Waals surface area contributed by atoms with E-state index in [0.29, 0.717) is 18.7 Å². The summed E-state index contributed by atoms with van der Waals surface area (Å²) in [7, 11) is -3.12. The van der Waals surface area contributed by atoms with Gasteiger partial charge in [0.1, 0.15) is 0 Å². The molecule has 4 N–H and O–H groups in total. The molecule has 0 amide bonds. The van der Waals surface area contributed by atoms with Crippen molar-refractivity contribution in [2.24, 2.45) is 0 Å². The van der Waals surface area contributed by atoms with Gasteiger partial charge in [-0.1, -0.05) is 12.1 Å². The van der Waals surface area contributed by atoms with Crippen LogP contribution >= 0.6 is 0 Å². The van der Waals surface area contributed by atoms with Crippen molar-refractivity contribution in [1.82, 2.24) is 0 Å². The Morgan fingerprint density at radius 2 is 1.94 bits per heavy atom. The Morgan fingerprint density at radius 3 is 2.59 bits per heavy atom. The molecule has 0 fully saturated rings. The molecule has 0 heterocycles. The minimum absolute atomic E-state index is 0.0767. The molecular weight excluding hydrogens is 240 g/mol. The minimum Gasteiger partial charge on any atom is -0.397 e. The summed E-state index contributed by atoms with van der Waals surface area (Å²) in [6, 6.07) is 7.33. The number of aliphatic hydroxyl groups excluding tert-OH is 1. The molecule has 0 spiro atoms. The van der Waals surface area contributed by atoms with Crippen LogP contribution in [0, 0.1) is 0 Å². The van der Waals surface area contributed by atoms with Gasteiger partial charge in [0, 0.05) is 6.54 Å². The molecule has 1 aromatic rings. The van der Waals surface area contributed by atoms with Crippen LogP contribution in [0.5, 0.6) is 0 Å². The lowest BCUT2D eigenvalue weighted by Gasteiger charge is -2.08. The Bertz CT molecular complexity index is 446. The number of nitrogen functional groups attached to an aromatic ring is 1. The molecule has 0 bridgehead atoms. The second kappa shape index (κ2) is 6.46. The maximum atomic E-state index is 11.3. The molecule has 0 aliphatic carbocycles. The lowest BCUT2D eigenvalue weighted by Crippen LogP contribution is -2.16. The molecule has 6 heteroatoms. The smallest absolute Gasteiger partial charge is 0.152 e. The van der Waals surface area contributed by atoms with Crippen molar-refractivity contribution in [1.29, 1.82) is 0 Å². The number of nitrogens with two attached hydrogens (primary N) is 1. The molecule has 0 aliphatic rings. The van der Waals surface area contributed by atoms with Crippen molar-refractivity contribution >= 4 is 21.2 Å². The summed E-state index contributed by atoms with van der Waals surface area (Å²) in [5, 5.41) is 11.6. The Balaban J connectivity index is 2.32. The van der Waals surface area contributed by atoms with Crippen LogP contribution in [0.4, 0.5) is 11.4 Å². The zero-order chi connectivity index (χ0) is 12.7. The standard InChI is InChI=1S/C11H18N2O3S/c12-10-4-1-2-5-11(10)13-6-3-8-17(15,16)9-7-14/h1-2,4-5,13-14H,3,6-9,12H2. The number of hydrogen-bond donors (Lipinski definition) is 3. The van der Waals surface area contributed by atoms with Crippen molar-refractivity contribution in [3.63, 3.8) is 0 Å². The van der Waals surface area contributed by atoms with Crippen molar-refractivity contribution < 1.29 is 13.5 Å². The molecule has 17 heavy (non-hydrogen) atoms. The van der Waals surface area contributed by atoms with Crippen LogP contribution in [0.25, 0.3) is 0 Å². The molecule has 0 aliphatic heterocycles. The van der Waals surface area contributed by atoms with Gasteiger partial charge >= 0.3 is 0 Å². The topological polar surface area (TPSA) is 92.4 Å². The molecule has 5 nitrogen and oxygen atoms in total. The van der Waals surface area contributed by atoms with E-state index in [4.69, 9.17) is 10.8 Å². The first kappa shape index (κ1) is 13.8. The third kappa shape index (κ3) is 5.06. The van der Waals surface area contributed by atoms with Gasteiger partial charge in [-0.3, -0.25) is 0 Å². The Morgan fingerprint density at radius 1 is 1.24 bits per heavy atom. The molecular formula is C11H18N2O3S. The third-order valence-electron chi connectivity index (χ3n) is 2.31. The average molecular weight is 258 g/mol. The summed E-state index contributed by atoms with van der Waals surface area (Å²) < 4.78 is 22.6. The van der Waals surface area contributed by atoms with Gasteiger partial charge in [-0.15, -0.1) is 0 Å². The summed E-state index contributed by atoms with van der Waals surface area (Å²) in [4.78, 5) is 0. The highest BCUT2D eigenvalue weighted by Crippen LogP contribution is 2.16. The van der Waals surface area contributed by atoms with Crippen LogP contribution in [-0.2, 0) is 9.84 Å². The molecule has 0 saturated heterocycles. The van der Waals surface area contributed by atoms with Gasteiger partial charge in [0.2, 0.25) is 0 Å². The zero-order valence-electron chi connectivity index (χ0n) is 9.59. The molecule has 1 aromatic carbocycles. The van der Waals surface area contributed by atoms with Crippen LogP contribution in [0.1, 0.15) is 6.42 Å². The second-order valence-corrected chi connectivity index (χ2v) is 6.05. The lowest BCUT2D eigenvalue weighted by atomic mass is 10.2. The number of anilines is 2. The van der Waals surface area contributed by atoms with Crippen LogP contribution < -0.4 is 11.1 Å². The SMILES string of the molecule is Nc1ccccc1NCCCS(=O)(=O)CCO. The third-order valence-corrected chi connectivity index (χ3v) is 4.03. The van der Waals surface area contributed by atoms with Crippen LogP contribution in [-0.4, -0.2) is 38.2 Å². The van der Waals surface area contributed by atoms with Gasteiger partial charge in [0.05, 0.1) is 29.5 Å². The first-order chi connectivity index (χ1) is 8.05. The van der Waals surface area contributed by atoms with Crippen molar-refractivity contribution in [3.8, 4) is 0 Å². The summed E-state index contributed by atoms with van der Waals surface area (Å²) in [6.45, 7) is 0.222. The molecule has 0 aromatic heterocycles. The number of benzene rings is 1. The second-order valence-electron chi connectivity index (χ2n) is 3.74. The fourth-order valence-corrected chi connectivity index (χ4v) is 2.48. The summed E-state index contributed by atoms with van der Waals surface area (Å²) in [5.41, 5.74) is 7.18. The Labute approximate surface area is 102 Å². The number of para-hydroxylation sites is 2. The number of hydrogen-bond acceptors (Lipinski definition) is 5. The quantitative estimate of drug-likeness (QED) is 0.488. The van der Waals surface area contributed by atoms with Gasteiger partial charge in [0.15, 0.2) is 9.84 Å². The van der Waals surface area contributed by atoms with Gasteiger partial charge in [-0.2, -0.15) is 0 Å². The van der Waals surface area contributed by atoms with Crippen LogP contribution in [0.15, 0.2) is 24.3 Å². The average Bonchev–Trinajstić information content (AvgIpc) is 2.26. The van der Waals surface area contributed by atoms with E-state index < -0.39 is 9.84 Å². The number of aliphatic hydroxyl groups is 1. The maximum absolute atomic E-state index is 11.3. The Hall–Kier alpha value is -1.27. The normalized spacial score (nSPS) is 11.4. The summed E-state index contributed by atoms with van der Waals surface area (Å²) in [5.74, 6) is -0.0895. The number of rotatable bonds is 7. The highest BCUT2D eigenvalue weighted by molar-refractivity contribution is 7.91. The highest BCUT2D eigenvalue weighted by Gasteiger charge is 2.08. The minimum atomic E-state index is -3.12. The molecule has 0 unspecified atom stereocenters. The van der Waals surface area contributed by atoms with E-state index >= 15 is 0 Å². The van der Waals surface area contributed by atoms with Gasteiger partial charge in [-0.05, 0) is 18.6 Å². The van der Waals surface area contributed by atoms with E-state index in [1.54, 1.807) is 6.07 Å². The van der Waals surface area contributed by atoms with Crippen molar-refractivity contribution in [2.75, 3.05) is 35.7 Å². The van der Waals surface area contributed by atoms with Gasteiger partial charge in [0.25, 0.3) is 0 Å². The highest BCUT2D eigenvalue weighted by atomic mass is 32.2. The first-order valence-electron chi connectivity index (χ1n) is 5.45. The van der Waals surface area contributed by atoms with Crippen molar-refractivity contribution in [3.05, 3.63) is 24.3 Å². The zero-order valence-corrected chi connectivity index (χ0v) is 10.4. The Kier molecular flexibility index (Phi) is 5.24. The van der Waals surface area contributed by atoms with Crippen molar-refractivity contribution in [2.45, 2.75) is 6.42 Å².